The topological polar surface area (TPSA) is 69.6 Å². The highest BCUT2D eigenvalue weighted by Crippen LogP contribution is 2.18. The number of hydrogen-bond donors (Lipinski definition) is 2. The van der Waals surface area contributed by atoms with Crippen LogP contribution in [0.2, 0.25) is 0 Å². The third-order valence-corrected chi connectivity index (χ3v) is 3.27. The van der Waals surface area contributed by atoms with Crippen molar-refractivity contribution in [1.29, 1.82) is 0 Å². The summed E-state index contributed by atoms with van der Waals surface area (Å²) in [4.78, 5) is 25.7. The van der Waals surface area contributed by atoms with Crippen LogP contribution in [0.15, 0.2) is 0 Å². The van der Waals surface area contributed by atoms with Gasteiger partial charge in [-0.2, -0.15) is 0 Å². The van der Waals surface area contributed by atoms with Gasteiger partial charge in [0.25, 0.3) is 0 Å². The minimum Gasteiger partial charge on any atom is -0.394 e. The van der Waals surface area contributed by atoms with Crippen molar-refractivity contribution in [3.05, 3.63) is 0 Å². The van der Waals surface area contributed by atoms with E-state index < -0.39 is 11.5 Å². The molecule has 0 saturated carbocycles. The van der Waals surface area contributed by atoms with Crippen molar-refractivity contribution in [3.63, 3.8) is 0 Å². The Labute approximate surface area is 109 Å². The van der Waals surface area contributed by atoms with E-state index in [0.29, 0.717) is 6.54 Å². The van der Waals surface area contributed by atoms with Gasteiger partial charge in [0.1, 0.15) is 6.04 Å². The van der Waals surface area contributed by atoms with Gasteiger partial charge in [-0.15, -0.1) is 0 Å². The molecule has 0 radical (unpaired) electrons. The molecular weight excluding hydrogens is 232 g/mol. The Morgan fingerprint density at radius 2 is 2.06 bits per heavy atom. The van der Waals surface area contributed by atoms with E-state index in [1.165, 1.54) is 0 Å². The molecule has 1 rings (SSSR count). The average molecular weight is 256 g/mol. The molecule has 0 aromatic rings. The summed E-state index contributed by atoms with van der Waals surface area (Å²) in [5.74, 6) is -0.243. The number of likely N-dealkylation sites (tertiary alicyclic amines) is 1. The lowest BCUT2D eigenvalue weighted by Crippen LogP contribution is -2.51. The van der Waals surface area contributed by atoms with Gasteiger partial charge in [0.15, 0.2) is 0 Å². The van der Waals surface area contributed by atoms with Gasteiger partial charge in [-0.1, -0.05) is 20.8 Å². The standard InChI is InChI=1S/C13H24N2O3/c1-9(14-12(18)13(2,3)4)11(17)15-7-5-6-10(15)8-16/h9-10,16H,5-8H2,1-4H3,(H,14,18)/t9-,10-/m0/s1. The number of nitrogens with zero attached hydrogens (tertiary/aromatic N) is 1. The number of rotatable bonds is 3. The molecule has 104 valence electrons. The minimum absolute atomic E-state index is 0.00826. The van der Waals surface area contributed by atoms with Crippen LogP contribution in [0.25, 0.3) is 0 Å². The number of nitrogens with one attached hydrogen (secondary N) is 1. The molecule has 0 aliphatic carbocycles. The number of carbonyl (C=O) groups is 2. The molecule has 0 spiro atoms. The summed E-state index contributed by atoms with van der Waals surface area (Å²) in [6, 6.07) is -0.629. The Morgan fingerprint density at radius 1 is 1.44 bits per heavy atom. The summed E-state index contributed by atoms with van der Waals surface area (Å²) in [6.45, 7) is 7.79. The second-order valence-corrected chi connectivity index (χ2v) is 5.96. The van der Waals surface area contributed by atoms with Crippen LogP contribution in [0.5, 0.6) is 0 Å². The zero-order valence-corrected chi connectivity index (χ0v) is 11.7. The maximum Gasteiger partial charge on any atom is 0.245 e. The van der Waals surface area contributed by atoms with Gasteiger partial charge in [0.05, 0.1) is 12.6 Å². The first-order chi connectivity index (χ1) is 8.27. The van der Waals surface area contributed by atoms with Crippen molar-refractivity contribution in [1.82, 2.24) is 10.2 Å². The monoisotopic (exact) mass is 256 g/mol. The van der Waals surface area contributed by atoms with Crippen molar-refractivity contribution >= 4 is 11.8 Å². The van der Waals surface area contributed by atoms with Gasteiger partial charge in [-0.05, 0) is 19.8 Å². The second kappa shape index (κ2) is 5.69. The molecule has 2 atom stereocenters. The number of amides is 2. The van der Waals surface area contributed by atoms with Gasteiger partial charge in [-0.3, -0.25) is 9.59 Å². The Kier molecular flexibility index (Phi) is 4.73. The molecule has 1 aliphatic heterocycles. The summed E-state index contributed by atoms with van der Waals surface area (Å²) in [6.07, 6.45) is 1.75. The number of aliphatic hydroxyl groups excluding tert-OH is 1. The highest BCUT2D eigenvalue weighted by Gasteiger charge is 2.32. The fourth-order valence-electron chi connectivity index (χ4n) is 2.04. The van der Waals surface area contributed by atoms with E-state index in [1.807, 2.05) is 20.8 Å². The molecule has 0 aromatic carbocycles. The molecule has 5 heteroatoms. The number of hydrogen-bond acceptors (Lipinski definition) is 3. The van der Waals surface area contributed by atoms with E-state index in [4.69, 9.17) is 0 Å². The lowest BCUT2D eigenvalue weighted by molar-refractivity contribution is -0.139. The quantitative estimate of drug-likeness (QED) is 0.773. The van der Waals surface area contributed by atoms with Crippen molar-refractivity contribution in [2.75, 3.05) is 13.2 Å². The first-order valence-electron chi connectivity index (χ1n) is 6.49. The molecule has 5 nitrogen and oxygen atoms in total. The summed E-state index contributed by atoms with van der Waals surface area (Å²) in [7, 11) is 0. The van der Waals surface area contributed by atoms with E-state index in [1.54, 1.807) is 11.8 Å². The Hall–Kier alpha value is -1.10. The SMILES string of the molecule is C[C@H](NC(=O)C(C)(C)C)C(=O)N1CCC[C@H]1CO. The fraction of sp³-hybridized carbons (Fsp3) is 0.846. The highest BCUT2D eigenvalue weighted by atomic mass is 16.3. The first kappa shape index (κ1) is 15.0. The molecule has 0 aromatic heterocycles. The molecule has 18 heavy (non-hydrogen) atoms. The lowest BCUT2D eigenvalue weighted by Gasteiger charge is -2.28. The summed E-state index contributed by atoms with van der Waals surface area (Å²) in [5.41, 5.74) is -0.504. The Morgan fingerprint density at radius 3 is 2.56 bits per heavy atom. The van der Waals surface area contributed by atoms with Crippen LogP contribution in [0.4, 0.5) is 0 Å². The van der Waals surface area contributed by atoms with Crippen molar-refractivity contribution < 1.29 is 14.7 Å². The summed E-state index contributed by atoms with van der Waals surface area (Å²) >= 11 is 0. The average Bonchev–Trinajstić information content (AvgIpc) is 2.74. The molecule has 1 fully saturated rings. The van der Waals surface area contributed by atoms with E-state index in [2.05, 4.69) is 5.32 Å². The van der Waals surface area contributed by atoms with Crippen LogP contribution >= 0.6 is 0 Å². The second-order valence-electron chi connectivity index (χ2n) is 5.96. The van der Waals surface area contributed by atoms with E-state index >= 15 is 0 Å². The van der Waals surface area contributed by atoms with Crippen LogP contribution in [-0.4, -0.2) is 47.1 Å². The molecule has 1 heterocycles. The predicted octanol–water partition coefficient (Wildman–Crippen LogP) is 0.520. The molecule has 0 bridgehead atoms. The van der Waals surface area contributed by atoms with Gasteiger partial charge in [-0.25, -0.2) is 0 Å². The molecule has 2 amide bonds. The largest absolute Gasteiger partial charge is 0.394 e. The first-order valence-corrected chi connectivity index (χ1v) is 6.49. The lowest BCUT2D eigenvalue weighted by atomic mass is 9.95. The normalized spacial score (nSPS) is 21.8. The Bertz CT molecular complexity index is 323. The van der Waals surface area contributed by atoms with Gasteiger partial charge >= 0.3 is 0 Å². The van der Waals surface area contributed by atoms with Crippen LogP contribution in [0, 0.1) is 5.41 Å². The number of carbonyl (C=O) groups excluding carboxylic acids is 2. The summed E-state index contributed by atoms with van der Waals surface area (Å²) < 4.78 is 0. The van der Waals surface area contributed by atoms with E-state index in [9.17, 15) is 14.7 Å². The van der Waals surface area contributed by atoms with Gasteiger partial charge in [0, 0.05) is 12.0 Å². The summed E-state index contributed by atoms with van der Waals surface area (Å²) in [5, 5.41) is 11.9. The van der Waals surface area contributed by atoms with E-state index in [0.717, 1.165) is 12.8 Å². The van der Waals surface area contributed by atoms with Crippen LogP contribution < -0.4 is 5.32 Å². The van der Waals surface area contributed by atoms with Crippen molar-refractivity contribution in [2.45, 2.75) is 52.6 Å². The molecule has 0 unspecified atom stereocenters. The molecule has 1 saturated heterocycles. The third-order valence-electron chi connectivity index (χ3n) is 3.27. The van der Waals surface area contributed by atoms with Crippen molar-refractivity contribution in [2.24, 2.45) is 5.41 Å². The smallest absolute Gasteiger partial charge is 0.245 e. The Balaban J connectivity index is 2.59. The van der Waals surface area contributed by atoms with E-state index in [-0.39, 0.29) is 24.5 Å². The fourth-order valence-corrected chi connectivity index (χ4v) is 2.04. The zero-order valence-electron chi connectivity index (χ0n) is 11.7. The number of aliphatic hydroxyl groups is 1. The van der Waals surface area contributed by atoms with Crippen molar-refractivity contribution in [3.8, 4) is 0 Å². The molecule has 1 aliphatic rings. The highest BCUT2D eigenvalue weighted by molar-refractivity contribution is 5.89. The predicted molar refractivity (Wildman–Crippen MR) is 68.9 cm³/mol. The van der Waals surface area contributed by atoms with Crippen LogP contribution in [-0.2, 0) is 9.59 Å². The van der Waals surface area contributed by atoms with Crippen LogP contribution in [0.1, 0.15) is 40.5 Å². The maximum atomic E-state index is 12.2. The zero-order chi connectivity index (χ0) is 13.9. The molecule has 2 N–H and O–H groups in total. The van der Waals surface area contributed by atoms with Gasteiger partial charge < -0.3 is 15.3 Å². The third kappa shape index (κ3) is 3.45. The van der Waals surface area contributed by atoms with Gasteiger partial charge in [0.2, 0.25) is 11.8 Å². The minimum atomic E-state index is -0.538. The van der Waals surface area contributed by atoms with Crippen LogP contribution in [0.3, 0.4) is 0 Å². The maximum absolute atomic E-state index is 12.2. The molecular formula is C13H24N2O3.